The van der Waals surface area contributed by atoms with Gasteiger partial charge in [0.1, 0.15) is 5.92 Å². The van der Waals surface area contributed by atoms with E-state index in [4.69, 9.17) is 10.3 Å². The molecule has 1 atom stereocenters. The fraction of sp³-hybridized carbons (Fsp3) is 0.500. The van der Waals surface area contributed by atoms with Crippen LogP contribution in [-0.2, 0) is 9.59 Å². The molecule has 5 heteroatoms. The van der Waals surface area contributed by atoms with E-state index in [0.29, 0.717) is 0 Å². The number of carboxylic acids is 1. The smallest absolute Gasteiger partial charge is 0.315 e. The normalized spacial score (nSPS) is 12.2. The Morgan fingerprint density at radius 1 is 1.56 bits per heavy atom. The third kappa shape index (κ3) is 2.09. The molecule has 0 aromatic heterocycles. The molecule has 3 N–H and O–H groups in total. The molecule has 0 aromatic carbocycles. The number of carbonyl (C=O) groups excluding carboxylic acids is 1. The average molecular weight is 133 g/mol. The van der Waals surface area contributed by atoms with E-state index in [2.05, 4.69) is 0 Å². The molecule has 0 aliphatic rings. The predicted molar refractivity (Wildman–Crippen MR) is 26.7 cm³/mol. The summed E-state index contributed by atoms with van der Waals surface area (Å²) in [6.07, 6.45) is 0. The van der Waals surface area contributed by atoms with Gasteiger partial charge in [-0.2, -0.15) is 0 Å². The van der Waals surface area contributed by atoms with Gasteiger partial charge in [-0.05, 0) is 6.92 Å². The Bertz CT molecular complexity index is 133. The second-order valence-corrected chi connectivity index (χ2v) is 1.54. The van der Waals surface area contributed by atoms with Crippen LogP contribution in [0.1, 0.15) is 6.92 Å². The number of rotatable bonds is 2. The number of hydroxylamine groups is 1. The van der Waals surface area contributed by atoms with E-state index in [9.17, 15) is 9.59 Å². The first-order chi connectivity index (χ1) is 4.09. The van der Waals surface area contributed by atoms with E-state index >= 15 is 0 Å². The Morgan fingerprint density at radius 3 is 2.11 bits per heavy atom. The molecule has 9 heavy (non-hydrogen) atoms. The van der Waals surface area contributed by atoms with Gasteiger partial charge in [0, 0.05) is 0 Å². The van der Waals surface area contributed by atoms with Crippen molar-refractivity contribution in [2.75, 3.05) is 0 Å². The summed E-state index contributed by atoms with van der Waals surface area (Å²) in [6, 6.07) is 0. The summed E-state index contributed by atoms with van der Waals surface area (Å²) in [5.41, 5.74) is 1.23. The Kier molecular flexibility index (Phi) is 2.66. The molecule has 1 amide bonds. The second kappa shape index (κ2) is 3.03. The molecule has 0 saturated carbocycles. The number of carboxylic acid groups (broad SMARTS) is 1. The van der Waals surface area contributed by atoms with Crippen LogP contribution < -0.4 is 5.48 Å². The fourth-order valence-electron chi connectivity index (χ4n) is 0.209. The first kappa shape index (κ1) is 7.90. The van der Waals surface area contributed by atoms with Crippen molar-refractivity contribution >= 4 is 11.9 Å². The Labute approximate surface area is 51.2 Å². The minimum Gasteiger partial charge on any atom is -0.481 e. The summed E-state index contributed by atoms with van der Waals surface area (Å²) in [7, 11) is 0. The molecule has 1 unspecified atom stereocenters. The van der Waals surface area contributed by atoms with Gasteiger partial charge >= 0.3 is 5.97 Å². The second-order valence-electron chi connectivity index (χ2n) is 1.54. The quantitative estimate of drug-likeness (QED) is 0.262. The number of nitrogens with one attached hydrogen (secondary N) is 1. The molecule has 5 nitrogen and oxygen atoms in total. The lowest BCUT2D eigenvalue weighted by Crippen LogP contribution is -2.30. The lowest BCUT2D eigenvalue weighted by Gasteiger charge is -2.00. The Hall–Kier alpha value is -1.10. The summed E-state index contributed by atoms with van der Waals surface area (Å²) >= 11 is 0. The molecular weight excluding hydrogens is 126 g/mol. The molecule has 0 aliphatic heterocycles. The highest BCUT2D eigenvalue weighted by Crippen LogP contribution is 1.91. The number of hydrogen-bond donors (Lipinski definition) is 3. The first-order valence-electron chi connectivity index (χ1n) is 2.26. The van der Waals surface area contributed by atoms with Gasteiger partial charge in [-0.25, -0.2) is 5.48 Å². The van der Waals surface area contributed by atoms with Crippen LogP contribution in [0, 0.1) is 5.92 Å². The van der Waals surface area contributed by atoms with Crippen molar-refractivity contribution in [2.45, 2.75) is 6.92 Å². The minimum absolute atomic E-state index is 0.914. The highest BCUT2D eigenvalue weighted by Gasteiger charge is 2.18. The van der Waals surface area contributed by atoms with Crippen LogP contribution >= 0.6 is 0 Å². The van der Waals surface area contributed by atoms with E-state index < -0.39 is 17.8 Å². The molecule has 0 heterocycles. The summed E-state index contributed by atoms with van der Waals surface area (Å²) in [5, 5.41) is 16.0. The van der Waals surface area contributed by atoms with Gasteiger partial charge in [-0.3, -0.25) is 14.8 Å². The van der Waals surface area contributed by atoms with Crippen LogP contribution in [0.15, 0.2) is 0 Å². The van der Waals surface area contributed by atoms with Crippen molar-refractivity contribution in [1.29, 1.82) is 0 Å². The lowest BCUT2D eigenvalue weighted by atomic mass is 10.2. The monoisotopic (exact) mass is 133 g/mol. The molecular formula is C4H7NO4. The number of hydrogen-bond acceptors (Lipinski definition) is 3. The van der Waals surface area contributed by atoms with Crippen LogP contribution in [0.5, 0.6) is 0 Å². The topological polar surface area (TPSA) is 86.6 Å². The molecule has 0 spiro atoms. The van der Waals surface area contributed by atoms with Gasteiger partial charge < -0.3 is 5.11 Å². The van der Waals surface area contributed by atoms with Gasteiger partial charge in [0.25, 0.3) is 5.91 Å². The van der Waals surface area contributed by atoms with Crippen LogP contribution in [0.4, 0.5) is 0 Å². The molecule has 0 bridgehead atoms. The molecule has 52 valence electrons. The van der Waals surface area contributed by atoms with E-state index in [1.54, 1.807) is 0 Å². The molecule has 0 rings (SSSR count). The summed E-state index contributed by atoms with van der Waals surface area (Å²) < 4.78 is 0. The van der Waals surface area contributed by atoms with Gasteiger partial charge in [0.15, 0.2) is 0 Å². The largest absolute Gasteiger partial charge is 0.481 e. The third-order valence-electron chi connectivity index (χ3n) is 0.874. The summed E-state index contributed by atoms with van der Waals surface area (Å²) in [5.74, 6) is -3.38. The van der Waals surface area contributed by atoms with E-state index in [-0.39, 0.29) is 0 Å². The van der Waals surface area contributed by atoms with Crippen molar-refractivity contribution in [3.63, 3.8) is 0 Å². The van der Waals surface area contributed by atoms with Crippen molar-refractivity contribution in [3.8, 4) is 0 Å². The zero-order valence-corrected chi connectivity index (χ0v) is 4.79. The average Bonchev–Trinajstić information content (AvgIpc) is 1.84. The van der Waals surface area contributed by atoms with Crippen molar-refractivity contribution in [3.05, 3.63) is 0 Å². The van der Waals surface area contributed by atoms with Crippen LogP contribution in [-0.4, -0.2) is 22.2 Å². The zero-order chi connectivity index (χ0) is 7.44. The Balaban J connectivity index is 3.88. The number of amides is 1. The Morgan fingerprint density at radius 2 is 2.00 bits per heavy atom. The lowest BCUT2D eigenvalue weighted by molar-refractivity contribution is -0.149. The van der Waals surface area contributed by atoms with Gasteiger partial charge in [-0.15, -0.1) is 0 Å². The standard InChI is InChI=1S/C4H7NO4/c1-2(4(7)8)3(6)5-9/h2,9H,1H3,(H,5,6)(H,7,8). The van der Waals surface area contributed by atoms with Crippen LogP contribution in [0.2, 0.25) is 0 Å². The van der Waals surface area contributed by atoms with Gasteiger partial charge in [0.2, 0.25) is 0 Å². The van der Waals surface area contributed by atoms with E-state index in [1.807, 2.05) is 0 Å². The maximum atomic E-state index is 10.2. The fourth-order valence-corrected chi connectivity index (χ4v) is 0.209. The minimum atomic E-state index is -1.26. The molecule has 0 saturated heterocycles. The predicted octanol–water partition coefficient (Wildman–Crippen LogP) is -0.788. The number of carbonyl (C=O) groups is 2. The van der Waals surface area contributed by atoms with Crippen molar-refractivity contribution in [2.24, 2.45) is 5.92 Å². The SMILES string of the molecule is CC(C(=O)O)C(=O)NO. The molecule has 0 aliphatic carbocycles. The highest BCUT2D eigenvalue weighted by atomic mass is 16.5. The molecule has 0 fully saturated rings. The van der Waals surface area contributed by atoms with E-state index in [1.165, 1.54) is 12.4 Å². The van der Waals surface area contributed by atoms with Crippen molar-refractivity contribution in [1.82, 2.24) is 5.48 Å². The van der Waals surface area contributed by atoms with E-state index in [0.717, 1.165) is 0 Å². The maximum Gasteiger partial charge on any atom is 0.315 e. The molecule has 0 aromatic rings. The van der Waals surface area contributed by atoms with Gasteiger partial charge in [0.05, 0.1) is 0 Å². The van der Waals surface area contributed by atoms with Crippen LogP contribution in [0.25, 0.3) is 0 Å². The highest BCUT2D eigenvalue weighted by molar-refractivity contribution is 5.95. The molecule has 0 radical (unpaired) electrons. The van der Waals surface area contributed by atoms with Crippen LogP contribution in [0.3, 0.4) is 0 Å². The third-order valence-corrected chi connectivity index (χ3v) is 0.874. The van der Waals surface area contributed by atoms with Crippen molar-refractivity contribution < 1.29 is 19.9 Å². The summed E-state index contributed by atoms with van der Waals surface area (Å²) in [6.45, 7) is 1.17. The number of aliphatic carboxylic acids is 1. The summed E-state index contributed by atoms with van der Waals surface area (Å²) in [4.78, 5) is 20.1. The van der Waals surface area contributed by atoms with Gasteiger partial charge in [-0.1, -0.05) is 0 Å². The zero-order valence-electron chi connectivity index (χ0n) is 4.79. The first-order valence-corrected chi connectivity index (χ1v) is 2.26. The maximum absolute atomic E-state index is 10.2.